The summed E-state index contributed by atoms with van der Waals surface area (Å²) in [6.07, 6.45) is 2.48. The van der Waals surface area contributed by atoms with E-state index in [1.165, 1.54) is 17.8 Å². The van der Waals surface area contributed by atoms with Gasteiger partial charge in [-0.15, -0.1) is 0 Å². The van der Waals surface area contributed by atoms with Crippen molar-refractivity contribution in [2.45, 2.75) is 18.4 Å². The van der Waals surface area contributed by atoms with Crippen LogP contribution in [-0.2, 0) is 0 Å². The van der Waals surface area contributed by atoms with Crippen LogP contribution in [0.2, 0.25) is 0 Å². The molecule has 2 N–H and O–H groups in total. The highest BCUT2D eigenvalue weighted by Gasteiger charge is 2.38. The van der Waals surface area contributed by atoms with Crippen LogP contribution < -0.4 is 5.32 Å². The summed E-state index contributed by atoms with van der Waals surface area (Å²) in [4.78, 5) is 18.8. The zero-order valence-electron chi connectivity index (χ0n) is 10.2. The highest BCUT2D eigenvalue weighted by molar-refractivity contribution is 5.85. The van der Waals surface area contributed by atoms with Crippen LogP contribution in [0, 0.1) is 0 Å². The highest BCUT2D eigenvalue weighted by atomic mass is 16.4. The summed E-state index contributed by atoms with van der Waals surface area (Å²) >= 11 is 0. The first-order valence-corrected chi connectivity index (χ1v) is 6.12. The predicted octanol–water partition coefficient (Wildman–Crippen LogP) is 2.14. The molecule has 0 bridgehead atoms. The number of hydrogen-bond donors (Lipinski definition) is 2. The maximum absolute atomic E-state index is 10.8. The van der Waals surface area contributed by atoms with Crippen LogP contribution >= 0.6 is 0 Å². The summed E-state index contributed by atoms with van der Waals surface area (Å²) in [6.45, 7) is 0. The fourth-order valence-electron chi connectivity index (χ4n) is 2.14. The standard InChI is InChI=1S/C14H13N3O2/c18-13(19)11-6-7-15-14(16-11)17-12-8-10(12)9-4-2-1-3-5-9/h1-7,10,12H,8H2,(H,18,19)(H,15,16,17). The van der Waals surface area contributed by atoms with Gasteiger partial charge in [-0.25, -0.2) is 14.8 Å². The number of carboxylic acid groups (broad SMARTS) is 1. The molecule has 0 aliphatic heterocycles. The molecule has 1 aliphatic rings. The van der Waals surface area contributed by atoms with E-state index in [0.29, 0.717) is 11.9 Å². The summed E-state index contributed by atoms with van der Waals surface area (Å²) in [6, 6.07) is 11.9. The minimum Gasteiger partial charge on any atom is -0.477 e. The molecule has 0 saturated heterocycles. The molecule has 0 radical (unpaired) electrons. The van der Waals surface area contributed by atoms with Crippen molar-refractivity contribution in [3.8, 4) is 0 Å². The van der Waals surface area contributed by atoms with Gasteiger partial charge in [-0.05, 0) is 18.1 Å². The molecule has 19 heavy (non-hydrogen) atoms. The first-order chi connectivity index (χ1) is 9.24. The second-order valence-electron chi connectivity index (χ2n) is 4.57. The van der Waals surface area contributed by atoms with Gasteiger partial charge in [0.05, 0.1) is 0 Å². The summed E-state index contributed by atoms with van der Waals surface area (Å²) in [7, 11) is 0. The molecular weight excluding hydrogens is 242 g/mol. The molecular formula is C14H13N3O2. The van der Waals surface area contributed by atoms with Gasteiger partial charge in [-0.3, -0.25) is 0 Å². The van der Waals surface area contributed by atoms with Gasteiger partial charge in [0.2, 0.25) is 5.95 Å². The average molecular weight is 255 g/mol. The quantitative estimate of drug-likeness (QED) is 0.875. The number of anilines is 1. The lowest BCUT2D eigenvalue weighted by Crippen LogP contribution is -2.10. The molecule has 0 amide bonds. The third-order valence-corrected chi connectivity index (χ3v) is 3.21. The van der Waals surface area contributed by atoms with E-state index >= 15 is 0 Å². The van der Waals surface area contributed by atoms with Gasteiger partial charge in [0.25, 0.3) is 0 Å². The second-order valence-corrected chi connectivity index (χ2v) is 4.57. The zero-order chi connectivity index (χ0) is 13.2. The van der Waals surface area contributed by atoms with Gasteiger partial charge in [0.1, 0.15) is 0 Å². The molecule has 1 aromatic heterocycles. The van der Waals surface area contributed by atoms with Crippen LogP contribution in [-0.4, -0.2) is 27.1 Å². The predicted molar refractivity (Wildman–Crippen MR) is 70.2 cm³/mol. The van der Waals surface area contributed by atoms with Crippen LogP contribution in [0.5, 0.6) is 0 Å². The Morgan fingerprint density at radius 1 is 1.26 bits per heavy atom. The lowest BCUT2D eigenvalue weighted by atomic mass is 10.1. The first-order valence-electron chi connectivity index (χ1n) is 6.12. The molecule has 5 nitrogen and oxygen atoms in total. The molecule has 0 spiro atoms. The molecule has 5 heteroatoms. The number of carbonyl (C=O) groups is 1. The Labute approximate surface area is 110 Å². The van der Waals surface area contributed by atoms with Crippen LogP contribution in [0.4, 0.5) is 5.95 Å². The maximum Gasteiger partial charge on any atom is 0.354 e. The molecule has 2 aromatic rings. The van der Waals surface area contributed by atoms with Crippen molar-refractivity contribution in [3.05, 3.63) is 53.9 Å². The molecule has 2 unspecified atom stereocenters. The molecule has 1 saturated carbocycles. The van der Waals surface area contributed by atoms with E-state index in [0.717, 1.165) is 6.42 Å². The van der Waals surface area contributed by atoms with Crippen LogP contribution in [0.25, 0.3) is 0 Å². The van der Waals surface area contributed by atoms with Gasteiger partial charge in [0.15, 0.2) is 5.69 Å². The van der Waals surface area contributed by atoms with E-state index < -0.39 is 5.97 Å². The van der Waals surface area contributed by atoms with Crippen molar-refractivity contribution in [2.75, 3.05) is 5.32 Å². The maximum atomic E-state index is 10.8. The summed E-state index contributed by atoms with van der Waals surface area (Å²) in [5.41, 5.74) is 1.30. The largest absolute Gasteiger partial charge is 0.477 e. The van der Waals surface area contributed by atoms with Crippen molar-refractivity contribution in [1.29, 1.82) is 0 Å². The Morgan fingerprint density at radius 2 is 2.05 bits per heavy atom. The number of nitrogens with zero attached hydrogens (tertiary/aromatic N) is 2. The third kappa shape index (κ3) is 2.54. The fraction of sp³-hybridized carbons (Fsp3) is 0.214. The van der Waals surface area contributed by atoms with Gasteiger partial charge in [-0.1, -0.05) is 30.3 Å². The van der Waals surface area contributed by atoms with E-state index in [2.05, 4.69) is 27.4 Å². The van der Waals surface area contributed by atoms with Crippen LogP contribution in [0.15, 0.2) is 42.6 Å². The molecule has 1 heterocycles. The van der Waals surface area contributed by atoms with Crippen molar-refractivity contribution in [2.24, 2.45) is 0 Å². The fourth-order valence-corrected chi connectivity index (χ4v) is 2.14. The smallest absolute Gasteiger partial charge is 0.354 e. The number of aromatic nitrogens is 2. The number of hydrogen-bond acceptors (Lipinski definition) is 4. The number of nitrogens with one attached hydrogen (secondary N) is 1. The number of carboxylic acids is 1. The summed E-state index contributed by atoms with van der Waals surface area (Å²) < 4.78 is 0. The lowest BCUT2D eigenvalue weighted by molar-refractivity contribution is 0.0690. The second kappa shape index (κ2) is 4.68. The number of aromatic carboxylic acids is 1. The minimum atomic E-state index is -1.04. The first kappa shape index (κ1) is 11.6. The topological polar surface area (TPSA) is 75.1 Å². The summed E-state index contributed by atoms with van der Waals surface area (Å²) in [5.74, 6) is -0.206. The molecule has 1 aliphatic carbocycles. The van der Waals surface area contributed by atoms with E-state index in [-0.39, 0.29) is 11.7 Å². The Morgan fingerprint density at radius 3 is 2.79 bits per heavy atom. The molecule has 1 fully saturated rings. The van der Waals surface area contributed by atoms with Crippen LogP contribution in [0.3, 0.4) is 0 Å². The Bertz CT molecular complexity index is 601. The van der Waals surface area contributed by atoms with Gasteiger partial charge in [0, 0.05) is 18.2 Å². The zero-order valence-corrected chi connectivity index (χ0v) is 10.2. The summed E-state index contributed by atoms with van der Waals surface area (Å²) in [5, 5.41) is 12.0. The number of benzene rings is 1. The lowest BCUT2D eigenvalue weighted by Gasteiger charge is -2.04. The van der Waals surface area contributed by atoms with E-state index in [1.54, 1.807) is 0 Å². The molecule has 2 atom stereocenters. The van der Waals surface area contributed by atoms with Crippen molar-refractivity contribution < 1.29 is 9.90 Å². The molecule has 1 aromatic carbocycles. The van der Waals surface area contributed by atoms with Crippen molar-refractivity contribution in [1.82, 2.24) is 9.97 Å². The Hall–Kier alpha value is -2.43. The normalized spacial score (nSPS) is 20.8. The SMILES string of the molecule is O=C(O)c1ccnc(NC2CC2c2ccccc2)n1. The Balaban J connectivity index is 1.68. The monoisotopic (exact) mass is 255 g/mol. The third-order valence-electron chi connectivity index (χ3n) is 3.21. The number of rotatable bonds is 4. The molecule has 96 valence electrons. The van der Waals surface area contributed by atoms with E-state index in [1.807, 2.05) is 18.2 Å². The average Bonchev–Trinajstić information content (AvgIpc) is 3.19. The minimum absolute atomic E-state index is 0.00871. The van der Waals surface area contributed by atoms with Gasteiger partial charge >= 0.3 is 5.97 Å². The van der Waals surface area contributed by atoms with Gasteiger partial charge in [-0.2, -0.15) is 0 Å². The van der Waals surface area contributed by atoms with Crippen molar-refractivity contribution in [3.63, 3.8) is 0 Å². The van der Waals surface area contributed by atoms with Crippen LogP contribution in [0.1, 0.15) is 28.4 Å². The van der Waals surface area contributed by atoms with E-state index in [4.69, 9.17) is 5.11 Å². The Kier molecular flexibility index (Phi) is 2.87. The van der Waals surface area contributed by atoms with Crippen molar-refractivity contribution >= 4 is 11.9 Å². The van der Waals surface area contributed by atoms with E-state index in [9.17, 15) is 4.79 Å². The molecule has 3 rings (SSSR count). The van der Waals surface area contributed by atoms with Gasteiger partial charge < -0.3 is 10.4 Å². The highest BCUT2D eigenvalue weighted by Crippen LogP contribution is 2.42.